The average Bonchev–Trinajstić information content (AvgIpc) is 3.16. The molecule has 2 atom stereocenters. The lowest BCUT2D eigenvalue weighted by atomic mass is 9.77. The summed E-state index contributed by atoms with van der Waals surface area (Å²) in [5, 5.41) is 10.2. The van der Waals surface area contributed by atoms with Crippen LogP contribution in [0.3, 0.4) is 0 Å². The maximum absolute atomic E-state index is 13.2. The van der Waals surface area contributed by atoms with E-state index in [0.717, 1.165) is 5.56 Å². The van der Waals surface area contributed by atoms with Crippen molar-refractivity contribution < 1.29 is 9.53 Å². The van der Waals surface area contributed by atoms with Crippen molar-refractivity contribution in [2.45, 2.75) is 12.8 Å². The SMILES string of the molecule is C[C@]1(COc2ccc(Cl)cn2)CN(C(=O)c2ccc(C#N)cc2)C[C@@H]1c1ccc(Cl)cc1. The number of amides is 1. The molecule has 3 aromatic rings. The summed E-state index contributed by atoms with van der Waals surface area (Å²) < 4.78 is 6.02. The molecule has 0 unspecified atom stereocenters. The van der Waals surface area contributed by atoms with Crippen LogP contribution in [0.2, 0.25) is 10.0 Å². The van der Waals surface area contributed by atoms with E-state index in [1.807, 2.05) is 29.2 Å². The van der Waals surface area contributed by atoms with Crippen molar-refractivity contribution in [1.82, 2.24) is 9.88 Å². The Morgan fingerprint density at radius 2 is 1.81 bits per heavy atom. The maximum Gasteiger partial charge on any atom is 0.253 e. The second-order valence-electron chi connectivity index (χ2n) is 8.24. The molecule has 0 bridgehead atoms. The second-order valence-corrected chi connectivity index (χ2v) is 9.11. The summed E-state index contributed by atoms with van der Waals surface area (Å²) in [5.41, 5.74) is 1.83. The van der Waals surface area contributed by atoms with Gasteiger partial charge in [0.25, 0.3) is 5.91 Å². The highest BCUT2D eigenvalue weighted by atomic mass is 35.5. The van der Waals surface area contributed by atoms with E-state index < -0.39 is 0 Å². The zero-order chi connectivity index (χ0) is 22.7. The zero-order valence-electron chi connectivity index (χ0n) is 17.5. The molecule has 0 saturated carbocycles. The molecular weight excluding hydrogens is 445 g/mol. The number of benzene rings is 2. The fourth-order valence-electron chi connectivity index (χ4n) is 4.11. The minimum atomic E-state index is -0.350. The van der Waals surface area contributed by atoms with Crippen LogP contribution in [0.4, 0.5) is 0 Å². The van der Waals surface area contributed by atoms with Crippen LogP contribution >= 0.6 is 23.2 Å². The predicted octanol–water partition coefficient (Wildman–Crippen LogP) is 5.58. The monoisotopic (exact) mass is 465 g/mol. The first-order valence-electron chi connectivity index (χ1n) is 10.2. The van der Waals surface area contributed by atoms with Gasteiger partial charge in [-0.2, -0.15) is 5.26 Å². The Bertz CT molecular complexity index is 1140. The van der Waals surface area contributed by atoms with E-state index in [2.05, 4.69) is 18.0 Å². The van der Waals surface area contributed by atoms with Gasteiger partial charge in [-0.05, 0) is 48.0 Å². The van der Waals surface area contributed by atoms with Crippen molar-refractivity contribution in [3.63, 3.8) is 0 Å². The van der Waals surface area contributed by atoms with E-state index in [1.165, 1.54) is 0 Å². The van der Waals surface area contributed by atoms with Crippen LogP contribution in [-0.4, -0.2) is 35.5 Å². The first-order chi connectivity index (χ1) is 15.4. The summed E-state index contributed by atoms with van der Waals surface area (Å²) in [5.74, 6) is 0.471. The molecule has 4 rings (SSSR count). The Hall–Kier alpha value is -3.07. The predicted molar refractivity (Wildman–Crippen MR) is 124 cm³/mol. The van der Waals surface area contributed by atoms with Crippen LogP contribution in [0.5, 0.6) is 5.88 Å². The quantitative estimate of drug-likeness (QED) is 0.492. The topological polar surface area (TPSA) is 66.2 Å². The number of pyridine rings is 1. The Morgan fingerprint density at radius 3 is 2.44 bits per heavy atom. The van der Waals surface area contributed by atoms with Crippen molar-refractivity contribution >= 4 is 29.1 Å². The number of carbonyl (C=O) groups excluding carboxylic acids is 1. The van der Waals surface area contributed by atoms with E-state index >= 15 is 0 Å². The zero-order valence-corrected chi connectivity index (χ0v) is 19.0. The third-order valence-corrected chi connectivity index (χ3v) is 6.34. The highest BCUT2D eigenvalue weighted by Gasteiger charge is 2.46. The highest BCUT2D eigenvalue weighted by molar-refractivity contribution is 6.30. The molecule has 0 radical (unpaired) electrons. The molecule has 0 spiro atoms. The summed E-state index contributed by atoms with van der Waals surface area (Å²) in [6, 6.07) is 20.0. The third kappa shape index (κ3) is 4.72. The van der Waals surface area contributed by atoms with E-state index in [4.69, 9.17) is 33.2 Å². The molecule has 2 aromatic carbocycles. The number of aromatic nitrogens is 1. The number of hydrogen-bond donors (Lipinski definition) is 0. The molecular formula is C25H21Cl2N3O2. The van der Waals surface area contributed by atoms with Gasteiger partial charge >= 0.3 is 0 Å². The third-order valence-electron chi connectivity index (χ3n) is 5.87. The molecule has 0 aliphatic carbocycles. The summed E-state index contributed by atoms with van der Waals surface area (Å²) in [4.78, 5) is 19.3. The fraction of sp³-hybridized carbons (Fsp3) is 0.240. The number of likely N-dealkylation sites (tertiary alicyclic amines) is 1. The van der Waals surface area contributed by atoms with E-state index in [1.54, 1.807) is 42.6 Å². The first kappa shape index (κ1) is 22.1. The van der Waals surface area contributed by atoms with Crippen LogP contribution in [0.25, 0.3) is 0 Å². The highest BCUT2D eigenvalue weighted by Crippen LogP contribution is 2.43. The van der Waals surface area contributed by atoms with Crippen LogP contribution < -0.4 is 4.74 Å². The molecule has 32 heavy (non-hydrogen) atoms. The molecule has 1 amide bonds. The largest absolute Gasteiger partial charge is 0.477 e. The molecule has 1 saturated heterocycles. The number of halogens is 2. The number of carbonyl (C=O) groups is 1. The Kier molecular flexibility index (Phi) is 6.36. The van der Waals surface area contributed by atoms with Gasteiger partial charge in [-0.25, -0.2) is 4.98 Å². The first-order valence-corrected chi connectivity index (χ1v) is 10.9. The molecule has 1 aliphatic rings. The van der Waals surface area contributed by atoms with Crippen LogP contribution in [0.1, 0.15) is 34.3 Å². The molecule has 5 nitrogen and oxygen atoms in total. The molecule has 1 aliphatic heterocycles. The van der Waals surface area contributed by atoms with Gasteiger partial charge in [-0.3, -0.25) is 4.79 Å². The van der Waals surface area contributed by atoms with E-state index in [-0.39, 0.29) is 17.2 Å². The maximum atomic E-state index is 13.2. The standard InChI is InChI=1S/C25H21Cl2N3O2/c1-25(16-32-23-11-10-21(27)13-29-23)15-30(14-22(25)18-6-8-20(26)9-7-18)24(31)19-4-2-17(12-28)3-5-19/h2-11,13,22H,14-16H2,1H3/t22-,25-/m1/s1. The van der Waals surface area contributed by atoms with Crippen molar-refractivity contribution in [3.8, 4) is 11.9 Å². The van der Waals surface area contributed by atoms with Gasteiger partial charge in [-0.1, -0.05) is 42.3 Å². The van der Waals surface area contributed by atoms with Gasteiger partial charge in [0.05, 0.1) is 23.3 Å². The molecule has 7 heteroatoms. The Labute approximate surface area is 197 Å². The Balaban J connectivity index is 1.59. The van der Waals surface area contributed by atoms with Gasteiger partial charge in [0.1, 0.15) is 0 Å². The number of rotatable bonds is 5. The molecule has 162 valence electrons. The van der Waals surface area contributed by atoms with Gasteiger partial charge in [0, 0.05) is 47.3 Å². The van der Waals surface area contributed by atoms with Crippen molar-refractivity contribution in [3.05, 3.63) is 93.6 Å². The van der Waals surface area contributed by atoms with Gasteiger partial charge in [0.2, 0.25) is 5.88 Å². The molecule has 2 heterocycles. The van der Waals surface area contributed by atoms with E-state index in [0.29, 0.717) is 46.7 Å². The summed E-state index contributed by atoms with van der Waals surface area (Å²) >= 11 is 12.0. The van der Waals surface area contributed by atoms with Gasteiger partial charge < -0.3 is 9.64 Å². The molecule has 1 aromatic heterocycles. The van der Waals surface area contributed by atoms with Crippen molar-refractivity contribution in [2.75, 3.05) is 19.7 Å². The normalized spacial score (nSPS) is 20.1. The number of hydrogen-bond acceptors (Lipinski definition) is 4. The lowest BCUT2D eigenvalue weighted by molar-refractivity contribution is 0.0758. The van der Waals surface area contributed by atoms with Crippen molar-refractivity contribution in [2.24, 2.45) is 5.41 Å². The molecule has 1 fully saturated rings. The fourth-order valence-corrected chi connectivity index (χ4v) is 4.35. The number of ether oxygens (including phenoxy) is 1. The Morgan fingerprint density at radius 1 is 1.12 bits per heavy atom. The minimum absolute atomic E-state index is 0.0504. The lowest BCUT2D eigenvalue weighted by Gasteiger charge is -2.30. The summed E-state index contributed by atoms with van der Waals surface area (Å²) in [7, 11) is 0. The van der Waals surface area contributed by atoms with Gasteiger partial charge in [-0.15, -0.1) is 0 Å². The minimum Gasteiger partial charge on any atom is -0.477 e. The van der Waals surface area contributed by atoms with Crippen LogP contribution in [0, 0.1) is 16.7 Å². The average molecular weight is 466 g/mol. The van der Waals surface area contributed by atoms with Crippen LogP contribution in [-0.2, 0) is 0 Å². The summed E-state index contributed by atoms with van der Waals surface area (Å²) in [6.45, 7) is 3.57. The number of nitriles is 1. The summed E-state index contributed by atoms with van der Waals surface area (Å²) in [6.07, 6.45) is 1.55. The number of nitrogens with zero attached hydrogens (tertiary/aromatic N) is 3. The van der Waals surface area contributed by atoms with E-state index in [9.17, 15) is 4.79 Å². The van der Waals surface area contributed by atoms with Crippen molar-refractivity contribution in [1.29, 1.82) is 5.26 Å². The van der Waals surface area contributed by atoms with Crippen LogP contribution in [0.15, 0.2) is 66.9 Å². The van der Waals surface area contributed by atoms with Gasteiger partial charge in [0.15, 0.2) is 0 Å². The second kappa shape index (κ2) is 9.20. The smallest absolute Gasteiger partial charge is 0.253 e. The molecule has 0 N–H and O–H groups in total. The lowest BCUT2D eigenvalue weighted by Crippen LogP contribution is -2.35.